The van der Waals surface area contributed by atoms with E-state index in [1.807, 2.05) is 0 Å². The molecule has 0 saturated carbocycles. The second-order valence-electron chi connectivity index (χ2n) is 4.30. The summed E-state index contributed by atoms with van der Waals surface area (Å²) in [5.41, 5.74) is 1.43. The van der Waals surface area contributed by atoms with Crippen LogP contribution in [-0.4, -0.2) is 20.7 Å². The molecule has 108 valence electrons. The van der Waals surface area contributed by atoms with Crippen molar-refractivity contribution in [2.24, 2.45) is 0 Å². The topological polar surface area (TPSA) is 81.4 Å². The van der Waals surface area contributed by atoms with Crippen LogP contribution in [0.25, 0.3) is 0 Å². The Hall–Kier alpha value is -1.86. The molecule has 0 atom stereocenters. The molecule has 0 bridgehead atoms. The standard InChI is InChI=1S/C13H16N2O4S/c1-9-13(10(2)19-15-9)8-14-20(16,17)12-6-4-11(18-3)5-7-12/h4-7,14H,8H2,1-3H3. The molecule has 0 radical (unpaired) electrons. The number of benzene rings is 1. The predicted molar refractivity (Wildman–Crippen MR) is 73.0 cm³/mol. The van der Waals surface area contributed by atoms with Gasteiger partial charge >= 0.3 is 0 Å². The molecule has 0 spiro atoms. The molecule has 2 rings (SSSR count). The van der Waals surface area contributed by atoms with Crippen LogP contribution in [0.2, 0.25) is 0 Å². The summed E-state index contributed by atoms with van der Waals surface area (Å²) in [4.78, 5) is 0.185. The van der Waals surface area contributed by atoms with Crippen LogP contribution in [-0.2, 0) is 16.6 Å². The van der Waals surface area contributed by atoms with Crippen LogP contribution in [0.15, 0.2) is 33.7 Å². The number of hydrogen-bond donors (Lipinski definition) is 1. The number of hydrogen-bond acceptors (Lipinski definition) is 5. The van der Waals surface area contributed by atoms with Crippen molar-refractivity contribution in [2.45, 2.75) is 25.3 Å². The van der Waals surface area contributed by atoms with Crippen molar-refractivity contribution >= 4 is 10.0 Å². The van der Waals surface area contributed by atoms with Gasteiger partial charge in [-0.15, -0.1) is 0 Å². The summed E-state index contributed by atoms with van der Waals surface area (Å²) in [6.45, 7) is 3.67. The van der Waals surface area contributed by atoms with E-state index in [0.29, 0.717) is 17.2 Å². The minimum atomic E-state index is -3.57. The molecule has 6 nitrogen and oxygen atoms in total. The number of ether oxygens (including phenoxy) is 1. The lowest BCUT2D eigenvalue weighted by Gasteiger charge is -2.07. The number of nitrogens with zero attached hydrogens (tertiary/aromatic N) is 1. The summed E-state index contributed by atoms with van der Waals surface area (Å²) in [6, 6.07) is 6.19. The lowest BCUT2D eigenvalue weighted by Crippen LogP contribution is -2.23. The monoisotopic (exact) mass is 296 g/mol. The first-order chi connectivity index (χ1) is 9.44. The number of aryl methyl sites for hydroxylation is 2. The molecule has 0 fully saturated rings. The van der Waals surface area contributed by atoms with Gasteiger partial charge in [0.05, 0.1) is 17.7 Å². The average molecular weight is 296 g/mol. The quantitative estimate of drug-likeness (QED) is 0.909. The normalized spacial score (nSPS) is 11.6. The Balaban J connectivity index is 2.15. The first-order valence-corrected chi connectivity index (χ1v) is 7.48. The molecule has 1 aromatic carbocycles. The van der Waals surface area contributed by atoms with Gasteiger partial charge in [0.2, 0.25) is 10.0 Å². The average Bonchev–Trinajstić information content (AvgIpc) is 2.76. The maximum Gasteiger partial charge on any atom is 0.240 e. The van der Waals surface area contributed by atoms with Gasteiger partial charge in [0, 0.05) is 12.1 Å². The Morgan fingerprint density at radius 2 is 1.90 bits per heavy atom. The maximum absolute atomic E-state index is 12.1. The van der Waals surface area contributed by atoms with E-state index in [0.717, 1.165) is 5.56 Å². The Morgan fingerprint density at radius 3 is 2.40 bits per heavy atom. The molecular formula is C13H16N2O4S. The Labute approximate surface area is 117 Å². The van der Waals surface area contributed by atoms with Gasteiger partial charge in [-0.1, -0.05) is 5.16 Å². The van der Waals surface area contributed by atoms with E-state index in [1.165, 1.54) is 19.2 Å². The van der Waals surface area contributed by atoms with Crippen LogP contribution in [0.4, 0.5) is 0 Å². The van der Waals surface area contributed by atoms with Gasteiger partial charge in [0.15, 0.2) is 0 Å². The van der Waals surface area contributed by atoms with E-state index in [9.17, 15) is 8.42 Å². The summed E-state index contributed by atoms with van der Waals surface area (Å²) in [6.07, 6.45) is 0. The minimum absolute atomic E-state index is 0.148. The van der Waals surface area contributed by atoms with Crippen LogP contribution < -0.4 is 9.46 Å². The third kappa shape index (κ3) is 3.00. The van der Waals surface area contributed by atoms with Crippen molar-refractivity contribution in [1.82, 2.24) is 9.88 Å². The lowest BCUT2D eigenvalue weighted by molar-refractivity contribution is 0.392. The van der Waals surface area contributed by atoms with Gasteiger partial charge in [0.25, 0.3) is 0 Å². The van der Waals surface area contributed by atoms with Crippen LogP contribution in [0, 0.1) is 13.8 Å². The van der Waals surface area contributed by atoms with Crippen molar-refractivity contribution in [3.8, 4) is 5.75 Å². The van der Waals surface area contributed by atoms with E-state index in [4.69, 9.17) is 9.26 Å². The van der Waals surface area contributed by atoms with Gasteiger partial charge in [0.1, 0.15) is 11.5 Å². The second-order valence-corrected chi connectivity index (χ2v) is 6.07. The maximum atomic E-state index is 12.1. The zero-order valence-corrected chi connectivity index (χ0v) is 12.3. The molecule has 7 heteroatoms. The number of aromatic nitrogens is 1. The number of methoxy groups -OCH3 is 1. The SMILES string of the molecule is COc1ccc(S(=O)(=O)NCc2c(C)noc2C)cc1. The molecule has 0 aliphatic rings. The van der Waals surface area contributed by atoms with Crippen molar-refractivity contribution in [2.75, 3.05) is 7.11 Å². The number of sulfonamides is 1. The van der Waals surface area contributed by atoms with Crippen LogP contribution in [0.5, 0.6) is 5.75 Å². The van der Waals surface area contributed by atoms with E-state index in [-0.39, 0.29) is 11.4 Å². The molecule has 0 aliphatic carbocycles. The minimum Gasteiger partial charge on any atom is -0.497 e. The van der Waals surface area contributed by atoms with Crippen LogP contribution >= 0.6 is 0 Å². The molecule has 0 saturated heterocycles. The predicted octanol–water partition coefficient (Wildman–Crippen LogP) is 1.78. The number of nitrogens with one attached hydrogen (secondary N) is 1. The summed E-state index contributed by atoms with van der Waals surface area (Å²) in [5.74, 6) is 1.22. The molecule has 1 aromatic heterocycles. The molecule has 0 amide bonds. The highest BCUT2D eigenvalue weighted by molar-refractivity contribution is 7.89. The van der Waals surface area contributed by atoms with Crippen molar-refractivity contribution < 1.29 is 17.7 Å². The first-order valence-electron chi connectivity index (χ1n) is 5.99. The van der Waals surface area contributed by atoms with Crippen molar-refractivity contribution in [1.29, 1.82) is 0 Å². The highest BCUT2D eigenvalue weighted by Gasteiger charge is 2.16. The van der Waals surface area contributed by atoms with E-state index in [1.54, 1.807) is 26.0 Å². The Morgan fingerprint density at radius 1 is 1.25 bits per heavy atom. The van der Waals surface area contributed by atoms with Gasteiger partial charge in [-0.25, -0.2) is 13.1 Å². The van der Waals surface area contributed by atoms with E-state index < -0.39 is 10.0 Å². The van der Waals surface area contributed by atoms with Gasteiger partial charge in [-0.3, -0.25) is 0 Å². The summed E-state index contributed by atoms with van der Waals surface area (Å²) >= 11 is 0. The molecule has 1 N–H and O–H groups in total. The Kier molecular flexibility index (Phi) is 4.10. The molecular weight excluding hydrogens is 280 g/mol. The molecule has 20 heavy (non-hydrogen) atoms. The smallest absolute Gasteiger partial charge is 0.240 e. The van der Waals surface area contributed by atoms with Gasteiger partial charge in [-0.2, -0.15) is 0 Å². The second kappa shape index (κ2) is 5.64. The first kappa shape index (κ1) is 14.5. The molecule has 1 heterocycles. The highest BCUT2D eigenvalue weighted by atomic mass is 32.2. The third-order valence-corrected chi connectivity index (χ3v) is 4.41. The molecule has 0 aliphatic heterocycles. The van der Waals surface area contributed by atoms with Crippen LogP contribution in [0.3, 0.4) is 0 Å². The summed E-state index contributed by atoms with van der Waals surface area (Å²) < 4.78 is 36.8. The summed E-state index contributed by atoms with van der Waals surface area (Å²) in [7, 11) is -2.04. The van der Waals surface area contributed by atoms with Gasteiger partial charge < -0.3 is 9.26 Å². The summed E-state index contributed by atoms with van der Waals surface area (Å²) in [5, 5.41) is 3.79. The fourth-order valence-corrected chi connectivity index (χ4v) is 2.76. The van der Waals surface area contributed by atoms with Crippen molar-refractivity contribution in [3.63, 3.8) is 0 Å². The van der Waals surface area contributed by atoms with E-state index >= 15 is 0 Å². The van der Waals surface area contributed by atoms with E-state index in [2.05, 4.69) is 9.88 Å². The van der Waals surface area contributed by atoms with Crippen molar-refractivity contribution in [3.05, 3.63) is 41.3 Å². The lowest BCUT2D eigenvalue weighted by atomic mass is 10.2. The highest BCUT2D eigenvalue weighted by Crippen LogP contribution is 2.17. The Bertz CT molecular complexity index is 670. The molecule has 0 unspecified atom stereocenters. The fraction of sp³-hybridized carbons (Fsp3) is 0.308. The zero-order valence-electron chi connectivity index (χ0n) is 11.5. The third-order valence-electron chi connectivity index (χ3n) is 2.99. The van der Waals surface area contributed by atoms with Gasteiger partial charge in [-0.05, 0) is 38.1 Å². The largest absolute Gasteiger partial charge is 0.497 e. The fourth-order valence-electron chi connectivity index (χ4n) is 1.76. The molecule has 2 aromatic rings. The van der Waals surface area contributed by atoms with Crippen LogP contribution in [0.1, 0.15) is 17.0 Å². The zero-order chi connectivity index (χ0) is 14.8. The number of rotatable bonds is 5.